The Balaban J connectivity index is 1.84. The van der Waals surface area contributed by atoms with Crippen LogP contribution in [0.25, 0.3) is 21.3 Å². The zero-order chi connectivity index (χ0) is 19.4. The molecular formula is C20H24N4O2S. The molecule has 0 radical (unpaired) electrons. The first kappa shape index (κ1) is 19.3. The van der Waals surface area contributed by atoms with E-state index in [0.717, 1.165) is 16.0 Å². The van der Waals surface area contributed by atoms with Crippen molar-refractivity contribution in [3.63, 3.8) is 0 Å². The maximum atomic E-state index is 12.7. The number of benzene rings is 1. The van der Waals surface area contributed by atoms with Crippen molar-refractivity contribution in [3.05, 3.63) is 51.9 Å². The monoisotopic (exact) mass is 384 g/mol. The molecule has 0 spiro atoms. The summed E-state index contributed by atoms with van der Waals surface area (Å²) < 4.78 is 0. The number of thiophene rings is 1. The van der Waals surface area contributed by atoms with Gasteiger partial charge in [-0.15, -0.1) is 11.3 Å². The lowest BCUT2D eigenvalue weighted by Gasteiger charge is -2.20. The molecule has 0 bridgehead atoms. The van der Waals surface area contributed by atoms with Crippen LogP contribution in [0.5, 0.6) is 0 Å². The molecule has 1 amide bonds. The fourth-order valence-electron chi connectivity index (χ4n) is 2.96. The second kappa shape index (κ2) is 8.45. The highest BCUT2D eigenvalue weighted by Crippen LogP contribution is 2.30. The summed E-state index contributed by atoms with van der Waals surface area (Å²) in [5.74, 6) is 0.547. The number of aromatic nitrogens is 2. The van der Waals surface area contributed by atoms with Gasteiger partial charge in [0.2, 0.25) is 5.91 Å². The van der Waals surface area contributed by atoms with Gasteiger partial charge < -0.3 is 10.3 Å². The topological polar surface area (TPSA) is 78.1 Å². The van der Waals surface area contributed by atoms with E-state index >= 15 is 0 Å². The van der Waals surface area contributed by atoms with E-state index in [0.29, 0.717) is 24.3 Å². The van der Waals surface area contributed by atoms with Gasteiger partial charge in [-0.2, -0.15) is 0 Å². The zero-order valence-corrected chi connectivity index (χ0v) is 16.6. The van der Waals surface area contributed by atoms with Crippen molar-refractivity contribution in [2.45, 2.75) is 33.4 Å². The average Bonchev–Trinajstić information content (AvgIpc) is 3.05. The van der Waals surface area contributed by atoms with E-state index in [9.17, 15) is 9.59 Å². The van der Waals surface area contributed by atoms with Crippen molar-refractivity contribution in [1.29, 1.82) is 0 Å². The number of fused-ring (bicyclic) bond motifs is 1. The van der Waals surface area contributed by atoms with Gasteiger partial charge in [-0.3, -0.25) is 14.5 Å². The summed E-state index contributed by atoms with van der Waals surface area (Å²) in [6, 6.07) is 9.94. The van der Waals surface area contributed by atoms with Crippen LogP contribution in [0.1, 0.15) is 26.6 Å². The molecule has 1 aromatic carbocycles. The summed E-state index contributed by atoms with van der Waals surface area (Å²) in [5.41, 5.74) is 1.77. The number of aromatic amines is 1. The molecule has 27 heavy (non-hydrogen) atoms. The predicted octanol–water partition coefficient (Wildman–Crippen LogP) is 3.00. The van der Waals surface area contributed by atoms with Gasteiger partial charge >= 0.3 is 0 Å². The molecule has 0 aliphatic rings. The van der Waals surface area contributed by atoms with Gasteiger partial charge in [0.15, 0.2) is 0 Å². The van der Waals surface area contributed by atoms with Crippen LogP contribution in [0.15, 0.2) is 40.5 Å². The molecule has 0 fully saturated rings. The van der Waals surface area contributed by atoms with Gasteiger partial charge in [-0.25, -0.2) is 4.98 Å². The Kier molecular flexibility index (Phi) is 6.03. The first-order valence-electron chi connectivity index (χ1n) is 9.05. The van der Waals surface area contributed by atoms with Crippen molar-refractivity contribution in [3.8, 4) is 11.1 Å². The van der Waals surface area contributed by atoms with Gasteiger partial charge in [0.05, 0.1) is 18.5 Å². The maximum absolute atomic E-state index is 12.7. The van der Waals surface area contributed by atoms with E-state index in [1.165, 1.54) is 11.3 Å². The van der Waals surface area contributed by atoms with Gasteiger partial charge in [0.1, 0.15) is 10.7 Å². The molecule has 0 aliphatic heterocycles. The van der Waals surface area contributed by atoms with Gasteiger partial charge in [-0.1, -0.05) is 37.3 Å². The number of carbonyl (C=O) groups excluding carboxylic acids is 1. The molecule has 2 N–H and O–H groups in total. The first-order chi connectivity index (χ1) is 13.0. The van der Waals surface area contributed by atoms with Gasteiger partial charge in [-0.05, 0) is 26.0 Å². The Labute approximate surface area is 162 Å². The molecule has 0 atom stereocenters. The minimum atomic E-state index is -0.141. The van der Waals surface area contributed by atoms with Crippen molar-refractivity contribution in [2.24, 2.45) is 0 Å². The molecule has 3 rings (SSSR count). The van der Waals surface area contributed by atoms with Crippen molar-refractivity contribution >= 4 is 27.5 Å². The van der Waals surface area contributed by atoms with E-state index in [-0.39, 0.29) is 24.1 Å². The summed E-state index contributed by atoms with van der Waals surface area (Å²) in [5, 5.41) is 5.48. The van der Waals surface area contributed by atoms with Gasteiger partial charge in [0.25, 0.3) is 5.56 Å². The van der Waals surface area contributed by atoms with Crippen LogP contribution in [0.4, 0.5) is 0 Å². The maximum Gasteiger partial charge on any atom is 0.260 e. The lowest BCUT2D eigenvalue weighted by Crippen LogP contribution is -2.40. The van der Waals surface area contributed by atoms with Crippen molar-refractivity contribution in [2.75, 3.05) is 13.1 Å². The van der Waals surface area contributed by atoms with Gasteiger partial charge in [0, 0.05) is 17.0 Å². The molecule has 0 saturated carbocycles. The van der Waals surface area contributed by atoms with Crippen molar-refractivity contribution in [1.82, 2.24) is 20.2 Å². The molecule has 0 aliphatic carbocycles. The summed E-state index contributed by atoms with van der Waals surface area (Å²) in [6.07, 6.45) is 0. The number of carbonyl (C=O) groups is 1. The third-order valence-electron chi connectivity index (χ3n) is 4.22. The summed E-state index contributed by atoms with van der Waals surface area (Å²) in [4.78, 5) is 34.9. The second-order valence-corrected chi connectivity index (χ2v) is 7.59. The minimum Gasteiger partial charge on any atom is -0.353 e. The van der Waals surface area contributed by atoms with Crippen LogP contribution in [0.2, 0.25) is 0 Å². The van der Waals surface area contributed by atoms with E-state index in [1.54, 1.807) is 0 Å². The van der Waals surface area contributed by atoms with Crippen LogP contribution in [-0.2, 0) is 11.3 Å². The minimum absolute atomic E-state index is 0.0298. The van der Waals surface area contributed by atoms with Crippen LogP contribution in [0.3, 0.4) is 0 Å². The average molecular weight is 385 g/mol. The van der Waals surface area contributed by atoms with Crippen LogP contribution < -0.4 is 10.9 Å². The van der Waals surface area contributed by atoms with E-state index < -0.39 is 0 Å². The third-order valence-corrected chi connectivity index (χ3v) is 5.09. The Morgan fingerprint density at radius 2 is 2.04 bits per heavy atom. The lowest BCUT2D eigenvalue weighted by atomic mass is 10.1. The Morgan fingerprint density at radius 3 is 2.70 bits per heavy atom. The Morgan fingerprint density at radius 1 is 1.30 bits per heavy atom. The fourth-order valence-corrected chi connectivity index (χ4v) is 3.93. The number of nitrogens with zero attached hydrogens (tertiary/aromatic N) is 2. The van der Waals surface area contributed by atoms with Crippen molar-refractivity contribution < 1.29 is 4.79 Å². The van der Waals surface area contributed by atoms with Crippen LogP contribution in [0, 0.1) is 0 Å². The molecule has 3 aromatic rings. The molecule has 0 unspecified atom stereocenters. The van der Waals surface area contributed by atoms with Crippen LogP contribution in [-0.4, -0.2) is 39.9 Å². The zero-order valence-electron chi connectivity index (χ0n) is 15.8. The summed E-state index contributed by atoms with van der Waals surface area (Å²) >= 11 is 1.47. The SMILES string of the molecule is CCN(CC(=O)NC(C)C)Cc1nc2scc(-c3ccccc3)c2c(=O)[nH]1. The largest absolute Gasteiger partial charge is 0.353 e. The number of amides is 1. The van der Waals surface area contributed by atoms with E-state index in [2.05, 4.69) is 15.3 Å². The molecule has 2 heterocycles. The number of nitrogens with one attached hydrogen (secondary N) is 2. The number of hydrogen-bond donors (Lipinski definition) is 2. The highest BCUT2D eigenvalue weighted by Gasteiger charge is 2.15. The summed E-state index contributed by atoms with van der Waals surface area (Å²) in [6.45, 7) is 7.23. The van der Waals surface area contributed by atoms with E-state index in [1.807, 2.05) is 61.4 Å². The highest BCUT2D eigenvalue weighted by atomic mass is 32.1. The quantitative estimate of drug-likeness (QED) is 0.656. The molecule has 142 valence electrons. The molecule has 6 nitrogen and oxygen atoms in total. The number of hydrogen-bond acceptors (Lipinski definition) is 5. The smallest absolute Gasteiger partial charge is 0.260 e. The Bertz CT molecular complexity index is 979. The summed E-state index contributed by atoms with van der Waals surface area (Å²) in [7, 11) is 0. The Hall–Kier alpha value is -2.51. The number of likely N-dealkylation sites (N-methyl/N-ethyl adjacent to an activating group) is 1. The normalized spacial score (nSPS) is 11.4. The predicted molar refractivity (Wildman–Crippen MR) is 110 cm³/mol. The number of rotatable bonds is 7. The lowest BCUT2D eigenvalue weighted by molar-refractivity contribution is -0.122. The van der Waals surface area contributed by atoms with Crippen LogP contribution >= 0.6 is 11.3 Å². The van der Waals surface area contributed by atoms with E-state index in [4.69, 9.17) is 0 Å². The standard InChI is InChI=1S/C20H24N4O2S/c1-4-24(11-17(25)21-13(2)3)10-16-22-19(26)18-15(12-27-20(18)23-16)14-8-6-5-7-9-14/h5-9,12-13H,4,10-11H2,1-3H3,(H,21,25)(H,22,23,26). The first-order valence-corrected chi connectivity index (χ1v) is 9.93. The second-order valence-electron chi connectivity index (χ2n) is 6.73. The molecule has 0 saturated heterocycles. The molecule has 7 heteroatoms. The fraction of sp³-hybridized carbons (Fsp3) is 0.350. The third kappa shape index (κ3) is 4.61. The molecule has 2 aromatic heterocycles. The highest BCUT2D eigenvalue weighted by molar-refractivity contribution is 7.17. The number of H-pyrrole nitrogens is 1. The molecular weight excluding hydrogens is 360 g/mol.